The highest BCUT2D eigenvalue weighted by molar-refractivity contribution is 14.0. The summed E-state index contributed by atoms with van der Waals surface area (Å²) in [6, 6.07) is 6.79. The molecule has 0 aliphatic carbocycles. The molecule has 0 aliphatic heterocycles. The van der Waals surface area contributed by atoms with Crippen molar-refractivity contribution in [3.63, 3.8) is 0 Å². The van der Waals surface area contributed by atoms with Crippen molar-refractivity contribution in [3.8, 4) is 0 Å². The molecule has 0 unspecified atom stereocenters. The van der Waals surface area contributed by atoms with Crippen LogP contribution in [0.15, 0.2) is 29.3 Å². The van der Waals surface area contributed by atoms with Crippen molar-refractivity contribution >= 4 is 58.8 Å². The number of nitrogens with zero attached hydrogens (tertiary/aromatic N) is 2. The van der Waals surface area contributed by atoms with Gasteiger partial charge in [0.05, 0.1) is 17.2 Å². The van der Waals surface area contributed by atoms with Gasteiger partial charge in [-0.25, -0.2) is 4.98 Å². The van der Waals surface area contributed by atoms with Crippen LogP contribution in [0.3, 0.4) is 0 Å². The number of carbonyl (C=O) groups excluding carboxylic acids is 1. The molecule has 142 valence electrons. The van der Waals surface area contributed by atoms with E-state index < -0.39 is 0 Å². The van der Waals surface area contributed by atoms with E-state index in [4.69, 9.17) is 11.6 Å². The first kappa shape index (κ1) is 22.7. The largest absolute Gasteiger partial charge is 0.355 e. The third kappa shape index (κ3) is 7.08. The van der Waals surface area contributed by atoms with Crippen molar-refractivity contribution in [1.82, 2.24) is 20.9 Å². The van der Waals surface area contributed by atoms with Gasteiger partial charge in [0, 0.05) is 35.6 Å². The first-order valence-corrected chi connectivity index (χ1v) is 9.10. The SMILES string of the molecule is CN=C(NCCNC(=O)c1ccc(Cl)cc1)NCc1sc(C)nc1C.I. The van der Waals surface area contributed by atoms with E-state index in [0.29, 0.717) is 36.2 Å². The summed E-state index contributed by atoms with van der Waals surface area (Å²) in [5.74, 6) is 0.559. The zero-order valence-corrected chi connectivity index (χ0v) is 18.8. The normalized spacial score (nSPS) is 10.8. The maximum absolute atomic E-state index is 12.0. The molecular formula is C17H23ClIN5OS. The number of benzene rings is 1. The van der Waals surface area contributed by atoms with Crippen LogP contribution in [0.25, 0.3) is 0 Å². The van der Waals surface area contributed by atoms with Gasteiger partial charge in [0.15, 0.2) is 5.96 Å². The number of aryl methyl sites for hydroxylation is 2. The fourth-order valence-electron chi connectivity index (χ4n) is 2.18. The third-order valence-electron chi connectivity index (χ3n) is 3.45. The molecule has 1 aromatic heterocycles. The van der Waals surface area contributed by atoms with Gasteiger partial charge in [0.25, 0.3) is 5.91 Å². The van der Waals surface area contributed by atoms with Gasteiger partial charge in [-0.2, -0.15) is 0 Å². The number of hydrogen-bond acceptors (Lipinski definition) is 4. The number of rotatable bonds is 6. The van der Waals surface area contributed by atoms with E-state index in [1.807, 2.05) is 13.8 Å². The summed E-state index contributed by atoms with van der Waals surface area (Å²) >= 11 is 7.49. The highest BCUT2D eigenvalue weighted by Gasteiger charge is 2.07. The number of amides is 1. The lowest BCUT2D eigenvalue weighted by Gasteiger charge is -2.12. The van der Waals surface area contributed by atoms with Gasteiger partial charge in [-0.15, -0.1) is 35.3 Å². The molecule has 0 aliphatic rings. The molecular weight excluding hydrogens is 485 g/mol. The second-order valence-corrected chi connectivity index (χ2v) is 7.08. The Morgan fingerprint density at radius 2 is 1.81 bits per heavy atom. The Labute approximate surface area is 179 Å². The second-order valence-electron chi connectivity index (χ2n) is 5.36. The molecule has 9 heteroatoms. The molecule has 0 spiro atoms. The molecule has 0 bridgehead atoms. The van der Waals surface area contributed by atoms with E-state index >= 15 is 0 Å². The molecule has 3 N–H and O–H groups in total. The van der Waals surface area contributed by atoms with Crippen molar-refractivity contribution < 1.29 is 4.79 Å². The molecule has 2 aromatic rings. The fraction of sp³-hybridized carbons (Fsp3) is 0.353. The monoisotopic (exact) mass is 507 g/mol. The number of thiazole rings is 1. The number of halogens is 2. The summed E-state index contributed by atoms with van der Waals surface area (Å²) in [7, 11) is 1.71. The zero-order valence-electron chi connectivity index (χ0n) is 14.9. The van der Waals surface area contributed by atoms with Crippen LogP contribution in [-0.2, 0) is 6.54 Å². The van der Waals surface area contributed by atoms with Crippen molar-refractivity contribution in [2.45, 2.75) is 20.4 Å². The van der Waals surface area contributed by atoms with E-state index in [1.54, 1.807) is 42.6 Å². The van der Waals surface area contributed by atoms with Crippen LogP contribution in [-0.4, -0.2) is 37.0 Å². The summed E-state index contributed by atoms with van der Waals surface area (Å²) in [6.07, 6.45) is 0. The number of aromatic nitrogens is 1. The van der Waals surface area contributed by atoms with Gasteiger partial charge in [-0.3, -0.25) is 9.79 Å². The molecule has 0 fully saturated rings. The van der Waals surface area contributed by atoms with E-state index in [0.717, 1.165) is 10.7 Å². The highest BCUT2D eigenvalue weighted by atomic mass is 127. The first-order valence-electron chi connectivity index (χ1n) is 7.90. The Morgan fingerprint density at radius 1 is 1.15 bits per heavy atom. The van der Waals surface area contributed by atoms with Crippen molar-refractivity contribution in [3.05, 3.63) is 50.4 Å². The van der Waals surface area contributed by atoms with E-state index in [9.17, 15) is 4.79 Å². The summed E-state index contributed by atoms with van der Waals surface area (Å²) in [5.41, 5.74) is 1.63. The van der Waals surface area contributed by atoms with Crippen LogP contribution >= 0.6 is 46.9 Å². The number of hydrogen-bond donors (Lipinski definition) is 3. The molecule has 1 amide bonds. The molecule has 26 heavy (non-hydrogen) atoms. The minimum atomic E-state index is -0.128. The first-order chi connectivity index (χ1) is 12.0. The predicted octanol–water partition coefficient (Wildman–Crippen LogP) is 3.13. The highest BCUT2D eigenvalue weighted by Crippen LogP contribution is 2.16. The quantitative estimate of drug-likeness (QED) is 0.243. The molecule has 0 saturated heterocycles. The van der Waals surface area contributed by atoms with Gasteiger partial charge in [0.1, 0.15) is 0 Å². The Hall–Kier alpha value is -1.39. The Balaban J connectivity index is 0.00000338. The van der Waals surface area contributed by atoms with Crippen LogP contribution in [0.4, 0.5) is 0 Å². The number of carbonyl (C=O) groups is 1. The molecule has 0 radical (unpaired) electrons. The van der Waals surface area contributed by atoms with Crippen molar-refractivity contribution in [2.24, 2.45) is 4.99 Å². The van der Waals surface area contributed by atoms with Crippen LogP contribution in [0.1, 0.15) is 25.9 Å². The lowest BCUT2D eigenvalue weighted by molar-refractivity contribution is 0.0954. The summed E-state index contributed by atoms with van der Waals surface area (Å²) < 4.78 is 0. The Kier molecular flexibility index (Phi) is 9.89. The van der Waals surface area contributed by atoms with Gasteiger partial charge in [-0.05, 0) is 38.1 Å². The van der Waals surface area contributed by atoms with Crippen LogP contribution in [0, 0.1) is 13.8 Å². The molecule has 1 aromatic carbocycles. The Bertz CT molecular complexity index is 748. The number of guanidine groups is 1. The van der Waals surface area contributed by atoms with Gasteiger partial charge < -0.3 is 16.0 Å². The molecule has 1 heterocycles. The maximum Gasteiger partial charge on any atom is 0.251 e. The van der Waals surface area contributed by atoms with E-state index in [-0.39, 0.29) is 29.9 Å². The average molecular weight is 508 g/mol. The van der Waals surface area contributed by atoms with Crippen LogP contribution in [0.2, 0.25) is 5.02 Å². The van der Waals surface area contributed by atoms with E-state index in [1.165, 1.54) is 4.88 Å². The minimum absolute atomic E-state index is 0. The molecule has 6 nitrogen and oxygen atoms in total. The third-order valence-corrected chi connectivity index (χ3v) is 4.77. The van der Waals surface area contributed by atoms with Crippen LogP contribution in [0.5, 0.6) is 0 Å². The van der Waals surface area contributed by atoms with E-state index in [2.05, 4.69) is 25.9 Å². The summed E-state index contributed by atoms with van der Waals surface area (Å²) in [4.78, 5) is 21.8. The van der Waals surface area contributed by atoms with Crippen molar-refractivity contribution in [2.75, 3.05) is 20.1 Å². The molecule has 0 atom stereocenters. The molecule has 2 rings (SSSR count). The van der Waals surface area contributed by atoms with Gasteiger partial charge >= 0.3 is 0 Å². The van der Waals surface area contributed by atoms with Crippen LogP contribution < -0.4 is 16.0 Å². The fourth-order valence-corrected chi connectivity index (χ4v) is 3.19. The molecule has 0 saturated carbocycles. The lowest BCUT2D eigenvalue weighted by atomic mass is 10.2. The maximum atomic E-state index is 12.0. The van der Waals surface area contributed by atoms with Gasteiger partial charge in [-0.1, -0.05) is 11.6 Å². The van der Waals surface area contributed by atoms with Gasteiger partial charge in [0.2, 0.25) is 0 Å². The number of nitrogens with one attached hydrogen (secondary N) is 3. The summed E-state index contributed by atoms with van der Waals surface area (Å²) in [5, 5.41) is 10.9. The lowest BCUT2D eigenvalue weighted by Crippen LogP contribution is -2.41. The zero-order chi connectivity index (χ0) is 18.2. The van der Waals surface area contributed by atoms with Crippen molar-refractivity contribution in [1.29, 1.82) is 0 Å². The standard InChI is InChI=1S/C17H22ClN5OS.HI/c1-11-15(25-12(2)23-11)10-22-17(19-3)21-9-8-20-16(24)13-4-6-14(18)7-5-13;/h4-7H,8-10H2,1-3H3,(H,20,24)(H2,19,21,22);1H. The Morgan fingerprint density at radius 3 is 2.38 bits per heavy atom. The number of aliphatic imine (C=N–C) groups is 1. The summed E-state index contributed by atoms with van der Waals surface area (Å²) in [6.45, 7) is 5.73. The average Bonchev–Trinajstić information content (AvgIpc) is 2.92. The second kappa shape index (κ2) is 11.3. The smallest absolute Gasteiger partial charge is 0.251 e. The predicted molar refractivity (Wildman–Crippen MR) is 119 cm³/mol. The topological polar surface area (TPSA) is 78.4 Å². The minimum Gasteiger partial charge on any atom is -0.355 e.